The average molecular weight is 486 g/mol. The van der Waals surface area contributed by atoms with E-state index in [9.17, 15) is 21.6 Å². The van der Waals surface area contributed by atoms with Crippen LogP contribution in [0.15, 0.2) is 40.4 Å². The fourth-order valence-electron chi connectivity index (χ4n) is 3.59. The number of morpholine rings is 1. The van der Waals surface area contributed by atoms with Crippen LogP contribution in [0.4, 0.5) is 13.2 Å². The molecule has 2 heterocycles. The number of fused-ring (bicyclic) bond motifs is 1. The Labute approximate surface area is 188 Å². The van der Waals surface area contributed by atoms with Gasteiger partial charge in [-0.05, 0) is 30.7 Å². The highest BCUT2D eigenvalue weighted by molar-refractivity contribution is 7.98. The molecule has 0 radical (unpaired) electrons. The number of aryl methyl sites for hydroxylation is 1. The quantitative estimate of drug-likeness (QED) is 0.371. The van der Waals surface area contributed by atoms with E-state index in [1.54, 1.807) is 12.1 Å². The first-order chi connectivity index (χ1) is 15.3. The highest BCUT2D eigenvalue weighted by Gasteiger charge is 2.27. The molecule has 0 unspecified atom stereocenters. The summed E-state index contributed by atoms with van der Waals surface area (Å²) in [7, 11) is -3.68. The van der Waals surface area contributed by atoms with E-state index in [4.69, 9.17) is 4.74 Å². The number of nitrogens with zero attached hydrogens (tertiary/aromatic N) is 3. The molecule has 4 rings (SSSR count). The highest BCUT2D eigenvalue weighted by Crippen LogP contribution is 2.30. The Balaban J connectivity index is 1.66. The number of thioether (sulfide) groups is 1. The van der Waals surface area contributed by atoms with Gasteiger partial charge < -0.3 is 9.30 Å². The Morgan fingerprint density at radius 3 is 2.59 bits per heavy atom. The molecule has 172 valence electrons. The van der Waals surface area contributed by atoms with Crippen LogP contribution in [0.3, 0.4) is 0 Å². The molecule has 1 saturated heterocycles. The summed E-state index contributed by atoms with van der Waals surface area (Å²) in [5.41, 5.74) is 1.13. The second kappa shape index (κ2) is 9.42. The number of ether oxygens (including phenoxy) is 1. The van der Waals surface area contributed by atoms with Gasteiger partial charge in [-0.15, -0.1) is 0 Å². The maximum absolute atomic E-state index is 14.0. The van der Waals surface area contributed by atoms with Crippen molar-refractivity contribution < 1.29 is 26.3 Å². The molecule has 1 aliphatic heterocycles. The zero-order chi connectivity index (χ0) is 22.9. The minimum absolute atomic E-state index is 0.0213. The van der Waals surface area contributed by atoms with E-state index in [1.165, 1.54) is 10.4 Å². The molecule has 0 amide bonds. The maximum Gasteiger partial charge on any atom is 0.243 e. The summed E-state index contributed by atoms with van der Waals surface area (Å²) in [6.45, 7) is 3.88. The molecule has 6 nitrogen and oxygen atoms in total. The summed E-state index contributed by atoms with van der Waals surface area (Å²) in [5.74, 6) is -3.19. The van der Waals surface area contributed by atoms with Gasteiger partial charge in [0.1, 0.15) is 5.82 Å². The summed E-state index contributed by atoms with van der Waals surface area (Å²) in [6, 6.07) is 6.26. The Morgan fingerprint density at radius 1 is 1.12 bits per heavy atom. The van der Waals surface area contributed by atoms with Gasteiger partial charge in [0.05, 0.1) is 29.1 Å². The van der Waals surface area contributed by atoms with Crippen molar-refractivity contribution >= 4 is 32.8 Å². The largest absolute Gasteiger partial charge is 0.379 e. The Morgan fingerprint density at radius 2 is 1.88 bits per heavy atom. The zero-order valence-electron chi connectivity index (χ0n) is 17.4. The van der Waals surface area contributed by atoms with E-state index >= 15 is 0 Å². The van der Waals surface area contributed by atoms with E-state index in [0.717, 1.165) is 29.8 Å². The highest BCUT2D eigenvalue weighted by atomic mass is 32.2. The van der Waals surface area contributed by atoms with Crippen molar-refractivity contribution in [3.8, 4) is 0 Å². The van der Waals surface area contributed by atoms with Gasteiger partial charge in [0.15, 0.2) is 16.8 Å². The summed E-state index contributed by atoms with van der Waals surface area (Å²) < 4.78 is 75.6. The van der Waals surface area contributed by atoms with Gasteiger partial charge in [-0.1, -0.05) is 18.7 Å². The van der Waals surface area contributed by atoms with Crippen molar-refractivity contribution in [3.63, 3.8) is 0 Å². The summed E-state index contributed by atoms with van der Waals surface area (Å²) in [6.07, 6.45) is 0.788. The first-order valence-electron chi connectivity index (χ1n) is 10.2. The van der Waals surface area contributed by atoms with Gasteiger partial charge >= 0.3 is 0 Å². The topological polar surface area (TPSA) is 64.4 Å². The molecule has 0 aliphatic carbocycles. The van der Waals surface area contributed by atoms with Gasteiger partial charge in [0.2, 0.25) is 10.0 Å². The number of aromatic nitrogens is 2. The molecule has 1 aliphatic rings. The van der Waals surface area contributed by atoms with Crippen LogP contribution in [0.2, 0.25) is 0 Å². The molecular weight excluding hydrogens is 463 g/mol. The Kier molecular flexibility index (Phi) is 6.80. The van der Waals surface area contributed by atoms with Crippen molar-refractivity contribution in [2.45, 2.75) is 35.7 Å². The molecule has 1 aromatic heterocycles. The predicted molar refractivity (Wildman–Crippen MR) is 115 cm³/mol. The van der Waals surface area contributed by atoms with Crippen LogP contribution < -0.4 is 0 Å². The zero-order valence-corrected chi connectivity index (χ0v) is 19.0. The molecule has 3 aromatic rings. The number of imidazole rings is 1. The monoisotopic (exact) mass is 485 g/mol. The second-order valence-corrected chi connectivity index (χ2v) is 10.2. The lowest BCUT2D eigenvalue weighted by atomic mass is 10.2. The van der Waals surface area contributed by atoms with Gasteiger partial charge in [0, 0.05) is 37.0 Å². The van der Waals surface area contributed by atoms with Crippen molar-refractivity contribution in [2.24, 2.45) is 0 Å². The SMILES string of the molecule is CCCn1c(SCc2cc(F)cc(F)c2F)nc2cc(S(=O)(=O)N3CCOCC3)ccc21. The van der Waals surface area contributed by atoms with Crippen molar-refractivity contribution in [2.75, 3.05) is 26.3 Å². The fourth-order valence-corrected chi connectivity index (χ4v) is 6.02. The fraction of sp³-hybridized carbons (Fsp3) is 0.381. The lowest BCUT2D eigenvalue weighted by Crippen LogP contribution is -2.40. The first kappa shape index (κ1) is 23.1. The van der Waals surface area contributed by atoms with Gasteiger partial charge in [0.25, 0.3) is 0 Å². The molecule has 0 atom stereocenters. The molecule has 11 heteroatoms. The minimum atomic E-state index is -3.68. The number of hydrogen-bond acceptors (Lipinski definition) is 5. The predicted octanol–water partition coefficient (Wildman–Crippen LogP) is 4.18. The van der Waals surface area contributed by atoms with E-state index in [2.05, 4.69) is 4.98 Å². The number of halogens is 3. The third kappa shape index (κ3) is 4.52. The second-order valence-electron chi connectivity index (χ2n) is 7.36. The van der Waals surface area contributed by atoms with Crippen molar-refractivity contribution in [1.82, 2.24) is 13.9 Å². The lowest BCUT2D eigenvalue weighted by Gasteiger charge is -2.26. The third-order valence-electron chi connectivity index (χ3n) is 5.16. The van der Waals surface area contributed by atoms with Crippen LogP contribution in [0.5, 0.6) is 0 Å². The van der Waals surface area contributed by atoms with Crippen molar-refractivity contribution in [1.29, 1.82) is 0 Å². The van der Waals surface area contributed by atoms with Crippen LogP contribution in [0.25, 0.3) is 11.0 Å². The van der Waals surface area contributed by atoms with E-state index in [1.807, 2.05) is 11.5 Å². The van der Waals surface area contributed by atoms with E-state index in [0.29, 0.717) is 49.6 Å². The van der Waals surface area contributed by atoms with E-state index in [-0.39, 0.29) is 16.2 Å². The Bertz CT molecular complexity index is 1240. The first-order valence-corrected chi connectivity index (χ1v) is 12.6. The molecule has 0 saturated carbocycles. The summed E-state index contributed by atoms with van der Waals surface area (Å²) in [4.78, 5) is 4.69. The molecule has 0 N–H and O–H groups in total. The molecule has 32 heavy (non-hydrogen) atoms. The van der Waals surface area contributed by atoms with Crippen LogP contribution in [-0.4, -0.2) is 48.6 Å². The van der Waals surface area contributed by atoms with Gasteiger partial charge in [-0.25, -0.2) is 26.6 Å². The smallest absolute Gasteiger partial charge is 0.243 e. The van der Waals surface area contributed by atoms with Gasteiger partial charge in [-0.3, -0.25) is 0 Å². The van der Waals surface area contributed by atoms with Crippen LogP contribution in [-0.2, 0) is 27.1 Å². The molecule has 0 bridgehead atoms. The Hall–Kier alpha value is -2.08. The summed E-state index contributed by atoms with van der Waals surface area (Å²) >= 11 is 1.14. The number of benzene rings is 2. The normalized spacial score (nSPS) is 15.5. The maximum atomic E-state index is 14.0. The minimum Gasteiger partial charge on any atom is -0.379 e. The third-order valence-corrected chi connectivity index (χ3v) is 8.08. The van der Waals surface area contributed by atoms with E-state index < -0.39 is 27.5 Å². The van der Waals surface area contributed by atoms with Crippen molar-refractivity contribution in [3.05, 3.63) is 53.3 Å². The molecule has 2 aromatic carbocycles. The molecule has 1 fully saturated rings. The average Bonchev–Trinajstić information content (AvgIpc) is 3.13. The lowest BCUT2D eigenvalue weighted by molar-refractivity contribution is 0.0730. The summed E-state index contributed by atoms with van der Waals surface area (Å²) in [5, 5.41) is 0.520. The molecule has 0 spiro atoms. The molecular formula is C21H22F3N3O3S2. The number of hydrogen-bond donors (Lipinski definition) is 0. The van der Waals surface area contributed by atoms with Gasteiger partial charge in [-0.2, -0.15) is 4.31 Å². The number of rotatable bonds is 7. The van der Waals surface area contributed by atoms with Crippen LogP contribution >= 0.6 is 11.8 Å². The van der Waals surface area contributed by atoms with Crippen LogP contribution in [0.1, 0.15) is 18.9 Å². The number of sulfonamides is 1. The standard InChI is InChI=1S/C21H22F3N3O3S2/c1-2-5-27-19-4-3-16(32(28,29)26-6-8-30-9-7-26)12-18(19)25-21(27)31-13-14-10-15(22)11-17(23)20(14)24/h3-4,10-12H,2,5-9,13H2,1H3. The van der Waals surface area contributed by atoms with Crippen LogP contribution in [0, 0.1) is 17.5 Å².